The van der Waals surface area contributed by atoms with Gasteiger partial charge in [-0.3, -0.25) is 4.90 Å². The van der Waals surface area contributed by atoms with E-state index in [9.17, 15) is 0 Å². The van der Waals surface area contributed by atoms with Gasteiger partial charge in [0.25, 0.3) is 0 Å². The summed E-state index contributed by atoms with van der Waals surface area (Å²) in [5.74, 6) is 0. The number of hydrogen-bond donors (Lipinski definition) is 2. The Morgan fingerprint density at radius 1 is 1.56 bits per heavy atom. The molecule has 0 amide bonds. The van der Waals surface area contributed by atoms with Gasteiger partial charge in [0.15, 0.2) is 5.06 Å². The molecule has 0 bridgehead atoms. The van der Waals surface area contributed by atoms with Crippen molar-refractivity contribution >= 4 is 18.7 Å². The highest BCUT2D eigenvalue weighted by Crippen LogP contribution is 2.28. The molecule has 1 unspecified atom stereocenters. The fourth-order valence-corrected chi connectivity index (χ4v) is 2.93. The van der Waals surface area contributed by atoms with Crippen LogP contribution < -0.4 is 4.65 Å². The smallest absolute Gasteiger partial charge is 0.504 e. The normalized spacial score (nSPS) is 21.3. The number of nitrogens with zero attached hydrogens (tertiary/aromatic N) is 1. The molecule has 1 aliphatic heterocycles. The molecule has 0 aliphatic carbocycles. The molecule has 1 aliphatic rings. The molecule has 2 rings (SSSR count). The van der Waals surface area contributed by atoms with Gasteiger partial charge >= 0.3 is 7.32 Å². The zero-order valence-corrected chi connectivity index (χ0v) is 10.1. The molecule has 2 heterocycles. The Labute approximate surface area is 99.6 Å². The molecule has 88 valence electrons. The largest absolute Gasteiger partial charge is 0.708 e. The maximum atomic E-state index is 8.67. The summed E-state index contributed by atoms with van der Waals surface area (Å²) in [7, 11) is -1.72. The molecule has 0 radical (unpaired) electrons. The van der Waals surface area contributed by atoms with E-state index >= 15 is 0 Å². The third-order valence-corrected chi connectivity index (χ3v) is 3.87. The first kappa shape index (κ1) is 11.9. The second kappa shape index (κ2) is 5.18. The Hall–Kier alpha value is -0.555. The van der Waals surface area contributed by atoms with Crippen molar-refractivity contribution in [2.75, 3.05) is 6.54 Å². The number of hydrogen-bond acceptors (Lipinski definition) is 5. The van der Waals surface area contributed by atoms with E-state index in [-0.39, 0.29) is 0 Å². The van der Waals surface area contributed by atoms with Crippen molar-refractivity contribution in [3.8, 4) is 5.06 Å². The SMILES string of the molecule is CC1CCCN1Cc1ccc(OB(O)O)s1. The van der Waals surface area contributed by atoms with E-state index in [1.807, 2.05) is 6.07 Å². The van der Waals surface area contributed by atoms with Crippen LogP contribution in [0.2, 0.25) is 0 Å². The van der Waals surface area contributed by atoms with Crippen molar-refractivity contribution < 1.29 is 14.7 Å². The predicted molar refractivity (Wildman–Crippen MR) is 64.2 cm³/mol. The minimum Gasteiger partial charge on any atom is -0.504 e. The van der Waals surface area contributed by atoms with Crippen LogP contribution in [0.3, 0.4) is 0 Å². The zero-order chi connectivity index (χ0) is 11.5. The van der Waals surface area contributed by atoms with E-state index in [0.717, 1.165) is 13.1 Å². The molecule has 1 atom stereocenters. The minimum absolute atomic E-state index is 0.553. The van der Waals surface area contributed by atoms with Gasteiger partial charge in [-0.25, -0.2) is 0 Å². The average Bonchev–Trinajstić information content (AvgIpc) is 2.77. The summed E-state index contributed by atoms with van der Waals surface area (Å²) in [5, 5.41) is 17.9. The predicted octanol–water partition coefficient (Wildman–Crippen LogP) is 1.08. The molecular weight excluding hydrogens is 225 g/mol. The van der Waals surface area contributed by atoms with E-state index in [4.69, 9.17) is 14.7 Å². The van der Waals surface area contributed by atoms with Gasteiger partial charge in [0.05, 0.1) is 0 Å². The summed E-state index contributed by atoms with van der Waals surface area (Å²) >= 11 is 1.47. The van der Waals surface area contributed by atoms with E-state index in [2.05, 4.69) is 11.8 Å². The molecule has 1 saturated heterocycles. The van der Waals surface area contributed by atoms with E-state index in [0.29, 0.717) is 11.1 Å². The highest BCUT2D eigenvalue weighted by molar-refractivity contribution is 7.14. The second-order valence-electron chi connectivity index (χ2n) is 4.13. The monoisotopic (exact) mass is 241 g/mol. The first-order valence-corrected chi connectivity index (χ1v) is 6.32. The molecule has 0 aromatic carbocycles. The Morgan fingerprint density at radius 3 is 3.00 bits per heavy atom. The maximum Gasteiger partial charge on any atom is 0.708 e. The van der Waals surface area contributed by atoms with Crippen molar-refractivity contribution in [1.82, 2.24) is 4.90 Å². The number of thiophene rings is 1. The van der Waals surface area contributed by atoms with Gasteiger partial charge < -0.3 is 14.7 Å². The summed E-state index contributed by atoms with van der Waals surface area (Å²) in [5.41, 5.74) is 0. The lowest BCUT2D eigenvalue weighted by Crippen LogP contribution is -2.25. The third kappa shape index (κ3) is 2.98. The van der Waals surface area contributed by atoms with Gasteiger partial charge in [-0.05, 0) is 38.4 Å². The summed E-state index contributed by atoms with van der Waals surface area (Å²) in [4.78, 5) is 3.63. The third-order valence-electron chi connectivity index (χ3n) is 2.91. The van der Waals surface area contributed by atoms with Crippen LogP contribution >= 0.6 is 11.3 Å². The van der Waals surface area contributed by atoms with Gasteiger partial charge in [0.1, 0.15) is 0 Å². The molecule has 0 spiro atoms. The molecule has 1 fully saturated rings. The quantitative estimate of drug-likeness (QED) is 0.774. The number of likely N-dealkylation sites (tertiary alicyclic amines) is 1. The average molecular weight is 241 g/mol. The standard InChI is InChI=1S/C10H16BNO3S/c1-8-3-2-6-12(8)7-9-4-5-10(16-9)15-11(13)14/h4-5,8,13-14H,2-3,6-7H2,1H3. The highest BCUT2D eigenvalue weighted by Gasteiger charge is 2.21. The van der Waals surface area contributed by atoms with Crippen molar-refractivity contribution in [2.45, 2.75) is 32.4 Å². The van der Waals surface area contributed by atoms with Gasteiger partial charge in [-0.1, -0.05) is 0 Å². The van der Waals surface area contributed by atoms with E-state index in [1.165, 1.54) is 29.1 Å². The summed E-state index contributed by atoms with van der Waals surface area (Å²) < 4.78 is 4.80. The van der Waals surface area contributed by atoms with Crippen molar-refractivity contribution in [1.29, 1.82) is 0 Å². The Kier molecular flexibility index (Phi) is 3.86. The first-order valence-electron chi connectivity index (χ1n) is 5.50. The van der Waals surface area contributed by atoms with Crippen LogP contribution in [-0.4, -0.2) is 34.9 Å². The summed E-state index contributed by atoms with van der Waals surface area (Å²) in [6, 6.07) is 4.41. The van der Waals surface area contributed by atoms with Gasteiger partial charge in [-0.2, -0.15) is 0 Å². The van der Waals surface area contributed by atoms with Crippen molar-refractivity contribution in [3.05, 3.63) is 17.0 Å². The van der Waals surface area contributed by atoms with Gasteiger partial charge in [-0.15, -0.1) is 11.3 Å². The second-order valence-corrected chi connectivity index (χ2v) is 5.26. The van der Waals surface area contributed by atoms with Crippen LogP contribution in [0, 0.1) is 0 Å². The van der Waals surface area contributed by atoms with Crippen LogP contribution in [-0.2, 0) is 6.54 Å². The first-order chi connectivity index (χ1) is 7.65. The molecule has 0 saturated carbocycles. The van der Waals surface area contributed by atoms with Crippen molar-refractivity contribution in [3.63, 3.8) is 0 Å². The fraction of sp³-hybridized carbons (Fsp3) is 0.600. The molecule has 4 nitrogen and oxygen atoms in total. The van der Waals surface area contributed by atoms with E-state index in [1.54, 1.807) is 6.07 Å². The number of rotatable bonds is 4. The molecule has 2 N–H and O–H groups in total. The summed E-state index contributed by atoms with van der Waals surface area (Å²) in [6.07, 6.45) is 2.54. The van der Waals surface area contributed by atoms with Crippen molar-refractivity contribution in [2.24, 2.45) is 0 Å². The van der Waals surface area contributed by atoms with Gasteiger partial charge in [0, 0.05) is 17.5 Å². The van der Waals surface area contributed by atoms with Crippen LogP contribution in [0.5, 0.6) is 5.06 Å². The van der Waals surface area contributed by atoms with E-state index < -0.39 is 7.32 Å². The Morgan fingerprint density at radius 2 is 2.38 bits per heavy atom. The van der Waals surface area contributed by atoms with Gasteiger partial charge in [0.2, 0.25) is 0 Å². The minimum atomic E-state index is -1.72. The zero-order valence-electron chi connectivity index (χ0n) is 9.30. The van der Waals surface area contributed by atoms with Crippen LogP contribution in [0.15, 0.2) is 12.1 Å². The van der Waals surface area contributed by atoms with Crippen LogP contribution in [0.25, 0.3) is 0 Å². The molecule has 1 aromatic rings. The topological polar surface area (TPSA) is 52.9 Å². The lowest BCUT2D eigenvalue weighted by atomic mass is 10.2. The Balaban J connectivity index is 1.92. The molecular formula is C10H16BNO3S. The lowest BCUT2D eigenvalue weighted by molar-refractivity contribution is 0.262. The molecule has 6 heteroatoms. The Bertz CT molecular complexity index is 345. The molecule has 1 aromatic heterocycles. The van der Waals surface area contributed by atoms with Crippen LogP contribution in [0.1, 0.15) is 24.6 Å². The summed E-state index contributed by atoms with van der Waals surface area (Å²) in [6.45, 7) is 4.32. The van der Waals surface area contributed by atoms with Crippen LogP contribution in [0.4, 0.5) is 0 Å². The lowest BCUT2D eigenvalue weighted by Gasteiger charge is -2.19. The molecule has 16 heavy (non-hydrogen) atoms. The highest BCUT2D eigenvalue weighted by atomic mass is 32.1. The maximum absolute atomic E-state index is 8.67. The fourth-order valence-electron chi connectivity index (χ4n) is 2.04.